The Hall–Kier alpha value is -2.71. The Kier molecular flexibility index (Phi) is 7.89. The second-order valence-electron chi connectivity index (χ2n) is 12.5. The zero-order chi connectivity index (χ0) is 27.8. The topological polar surface area (TPSA) is 6.48 Å². The average Bonchev–Trinajstić information content (AvgIpc) is 3.27. The van der Waals surface area contributed by atoms with Gasteiger partial charge >= 0.3 is 0 Å². The molecule has 0 radical (unpaired) electrons. The minimum Gasteiger partial charge on any atom is -0.364 e. The van der Waals surface area contributed by atoms with E-state index in [2.05, 4.69) is 124 Å². The molecular formula is C36H45ClN2. The predicted molar refractivity (Wildman–Crippen MR) is 170 cm³/mol. The molecule has 2 aliphatic heterocycles. The number of halogens is 1. The van der Waals surface area contributed by atoms with Crippen LogP contribution in [0.2, 0.25) is 0 Å². The van der Waals surface area contributed by atoms with Gasteiger partial charge in [-0.3, -0.25) is 0 Å². The monoisotopic (exact) mass is 540 g/mol. The molecule has 1 atom stereocenters. The molecule has 0 saturated heterocycles. The quantitative estimate of drug-likeness (QED) is 0.344. The van der Waals surface area contributed by atoms with E-state index in [0.717, 1.165) is 50.2 Å². The van der Waals surface area contributed by atoms with Crippen LogP contribution in [0.25, 0.3) is 0 Å². The lowest BCUT2D eigenvalue weighted by molar-refractivity contribution is 0.473. The van der Waals surface area contributed by atoms with E-state index in [1.165, 1.54) is 39.3 Å². The summed E-state index contributed by atoms with van der Waals surface area (Å²) in [6.07, 6.45) is 14.9. The summed E-state index contributed by atoms with van der Waals surface area (Å²) in [5.74, 6) is 0. The van der Waals surface area contributed by atoms with Crippen molar-refractivity contribution in [2.75, 3.05) is 22.9 Å². The third-order valence-electron chi connectivity index (χ3n) is 9.07. The van der Waals surface area contributed by atoms with Crippen molar-refractivity contribution in [1.82, 2.24) is 0 Å². The fourth-order valence-corrected chi connectivity index (χ4v) is 7.33. The maximum absolute atomic E-state index is 7.14. The van der Waals surface area contributed by atoms with Crippen LogP contribution in [0.5, 0.6) is 0 Å². The maximum Gasteiger partial charge on any atom is 0.0568 e. The molecule has 0 fully saturated rings. The molecule has 5 rings (SSSR count). The van der Waals surface area contributed by atoms with Gasteiger partial charge in [0.25, 0.3) is 0 Å². The first-order chi connectivity index (χ1) is 18.7. The first kappa shape index (κ1) is 27.8. The predicted octanol–water partition coefficient (Wildman–Crippen LogP) is 9.81. The first-order valence-corrected chi connectivity index (χ1v) is 15.3. The summed E-state index contributed by atoms with van der Waals surface area (Å²) in [6.45, 7) is 16.1. The van der Waals surface area contributed by atoms with Crippen molar-refractivity contribution in [3.63, 3.8) is 0 Å². The van der Waals surface area contributed by atoms with Crippen LogP contribution in [0.1, 0.15) is 84.8 Å². The standard InChI is InChI=1S/C36H45ClN2/c1-7-24-38-30-18-11-9-16-28(30)35(3,4)32(38)22-20-26-14-13-15-27(34(26)37)21-23-33-36(5,6)29-17-10-12-19-31(29)39(33)25-8-2/h9-12,16-23,32H,7-8,13-15,24-25H2,1-6H3/b22-20+,27-21+,33-23+. The fraction of sp³-hybridized carbons (Fsp3) is 0.444. The van der Waals surface area contributed by atoms with Gasteiger partial charge in [0.2, 0.25) is 0 Å². The van der Waals surface area contributed by atoms with Crippen LogP contribution in [0.3, 0.4) is 0 Å². The minimum atomic E-state index is -0.0256. The summed E-state index contributed by atoms with van der Waals surface area (Å²) >= 11 is 7.14. The van der Waals surface area contributed by atoms with Crippen molar-refractivity contribution in [1.29, 1.82) is 0 Å². The highest BCUT2D eigenvalue weighted by atomic mass is 35.5. The Balaban J connectivity index is 1.46. The highest BCUT2D eigenvalue weighted by Crippen LogP contribution is 2.48. The molecule has 2 aromatic rings. The molecule has 0 bridgehead atoms. The van der Waals surface area contributed by atoms with E-state index >= 15 is 0 Å². The summed E-state index contributed by atoms with van der Waals surface area (Å²) in [5.41, 5.74) is 9.51. The molecule has 0 amide bonds. The Morgan fingerprint density at radius 3 is 2.23 bits per heavy atom. The van der Waals surface area contributed by atoms with Gasteiger partial charge in [-0.05, 0) is 72.6 Å². The number of allylic oxidation sites excluding steroid dienone is 7. The minimum absolute atomic E-state index is 0.0256. The van der Waals surface area contributed by atoms with Gasteiger partial charge in [-0.15, -0.1) is 0 Å². The Morgan fingerprint density at radius 2 is 1.51 bits per heavy atom. The number of para-hydroxylation sites is 2. The number of benzene rings is 2. The van der Waals surface area contributed by atoms with Gasteiger partial charge in [0.05, 0.1) is 6.04 Å². The van der Waals surface area contributed by atoms with E-state index in [-0.39, 0.29) is 10.8 Å². The lowest BCUT2D eigenvalue weighted by atomic mass is 9.80. The van der Waals surface area contributed by atoms with Gasteiger partial charge in [0.15, 0.2) is 0 Å². The number of fused-ring (bicyclic) bond motifs is 2. The van der Waals surface area contributed by atoms with Crippen molar-refractivity contribution in [2.45, 2.75) is 90.5 Å². The molecule has 1 unspecified atom stereocenters. The second-order valence-corrected chi connectivity index (χ2v) is 12.8. The van der Waals surface area contributed by atoms with E-state index < -0.39 is 0 Å². The average molecular weight is 541 g/mol. The summed E-state index contributed by atoms with van der Waals surface area (Å²) in [7, 11) is 0. The normalized spacial score (nSPS) is 23.8. The zero-order valence-corrected chi connectivity index (χ0v) is 25.5. The number of rotatable bonds is 7. The van der Waals surface area contributed by atoms with Gasteiger partial charge < -0.3 is 9.80 Å². The Bertz CT molecular complexity index is 1340. The van der Waals surface area contributed by atoms with E-state index in [1.54, 1.807) is 0 Å². The van der Waals surface area contributed by atoms with Crippen LogP contribution in [-0.2, 0) is 10.8 Å². The van der Waals surface area contributed by atoms with E-state index in [9.17, 15) is 0 Å². The number of hydrogen-bond donors (Lipinski definition) is 0. The molecule has 0 aromatic heterocycles. The fourth-order valence-electron chi connectivity index (χ4n) is 7.01. The van der Waals surface area contributed by atoms with Crippen molar-refractivity contribution >= 4 is 23.0 Å². The molecule has 2 aromatic carbocycles. The second kappa shape index (κ2) is 11.0. The maximum atomic E-state index is 7.14. The molecule has 0 saturated carbocycles. The Labute approximate surface area is 241 Å². The van der Waals surface area contributed by atoms with Gasteiger partial charge in [0.1, 0.15) is 0 Å². The number of anilines is 2. The summed E-state index contributed by atoms with van der Waals surface area (Å²) in [4.78, 5) is 5.10. The van der Waals surface area contributed by atoms with Crippen molar-refractivity contribution in [3.8, 4) is 0 Å². The van der Waals surface area contributed by atoms with Crippen LogP contribution < -0.4 is 9.80 Å². The Morgan fingerprint density at radius 1 is 0.846 bits per heavy atom. The SMILES string of the molecule is CCCN1/C(=C/C=C2\CCCC(/C=C/C3N(CCC)c4ccccc4C3(C)C)=C2Cl)C(C)(C)c2ccccc21. The molecule has 3 heteroatoms. The third kappa shape index (κ3) is 4.91. The van der Waals surface area contributed by atoms with Crippen molar-refractivity contribution in [2.24, 2.45) is 0 Å². The van der Waals surface area contributed by atoms with Gasteiger partial charge in [-0.1, -0.05) is 108 Å². The van der Waals surface area contributed by atoms with Crippen LogP contribution in [-0.4, -0.2) is 19.1 Å². The first-order valence-electron chi connectivity index (χ1n) is 14.9. The third-order valence-corrected chi connectivity index (χ3v) is 9.56. The van der Waals surface area contributed by atoms with Gasteiger partial charge in [0, 0.05) is 46.0 Å². The highest BCUT2D eigenvalue weighted by molar-refractivity contribution is 6.32. The van der Waals surface area contributed by atoms with Crippen LogP contribution in [0, 0.1) is 0 Å². The summed E-state index contributed by atoms with van der Waals surface area (Å²) in [6, 6.07) is 18.1. The van der Waals surface area contributed by atoms with E-state index in [4.69, 9.17) is 11.6 Å². The molecule has 1 aliphatic carbocycles. The zero-order valence-electron chi connectivity index (χ0n) is 24.7. The molecular weight excluding hydrogens is 496 g/mol. The molecule has 0 spiro atoms. The molecule has 39 heavy (non-hydrogen) atoms. The van der Waals surface area contributed by atoms with Gasteiger partial charge in [-0.25, -0.2) is 0 Å². The summed E-state index contributed by atoms with van der Waals surface area (Å²) < 4.78 is 0. The molecule has 2 nitrogen and oxygen atoms in total. The van der Waals surface area contributed by atoms with Crippen LogP contribution in [0.4, 0.5) is 11.4 Å². The van der Waals surface area contributed by atoms with Crippen molar-refractivity contribution in [3.05, 3.63) is 106 Å². The molecule has 3 aliphatic rings. The van der Waals surface area contributed by atoms with Crippen LogP contribution >= 0.6 is 11.6 Å². The smallest absolute Gasteiger partial charge is 0.0568 e. The van der Waals surface area contributed by atoms with Gasteiger partial charge in [-0.2, -0.15) is 0 Å². The van der Waals surface area contributed by atoms with Crippen LogP contribution in [0.15, 0.2) is 94.7 Å². The molecule has 0 N–H and O–H groups in total. The van der Waals surface area contributed by atoms with E-state index in [1.807, 2.05) is 0 Å². The molecule has 2 heterocycles. The molecule has 206 valence electrons. The number of hydrogen-bond acceptors (Lipinski definition) is 2. The lowest BCUT2D eigenvalue weighted by Gasteiger charge is -2.32. The largest absolute Gasteiger partial charge is 0.364 e. The highest BCUT2D eigenvalue weighted by Gasteiger charge is 2.42. The lowest BCUT2D eigenvalue weighted by Crippen LogP contribution is -2.40. The van der Waals surface area contributed by atoms with Crippen molar-refractivity contribution < 1.29 is 0 Å². The number of nitrogens with zero attached hydrogens (tertiary/aromatic N) is 2. The summed E-state index contributed by atoms with van der Waals surface area (Å²) in [5, 5.41) is 0.945. The van der Waals surface area contributed by atoms with E-state index in [0.29, 0.717) is 6.04 Å².